The van der Waals surface area contributed by atoms with E-state index in [1.807, 2.05) is 19.1 Å². The van der Waals surface area contributed by atoms with Gasteiger partial charge in [-0.05, 0) is 69.3 Å². The number of aryl methyl sites for hydroxylation is 1. The van der Waals surface area contributed by atoms with Gasteiger partial charge in [0.15, 0.2) is 5.84 Å². The summed E-state index contributed by atoms with van der Waals surface area (Å²) in [6.07, 6.45) is 1.19. The third-order valence-corrected chi connectivity index (χ3v) is 4.46. The molecule has 0 radical (unpaired) electrons. The Morgan fingerprint density at radius 3 is 2.37 bits per heavy atom. The van der Waals surface area contributed by atoms with Gasteiger partial charge >= 0.3 is 0 Å². The van der Waals surface area contributed by atoms with Crippen molar-refractivity contribution < 1.29 is 10.0 Å². The largest absolute Gasteiger partial charge is 0.409 e. The Hall–Kier alpha value is -1.08. The van der Waals surface area contributed by atoms with E-state index in [9.17, 15) is 4.79 Å². The van der Waals surface area contributed by atoms with E-state index in [2.05, 4.69) is 42.3 Å². The normalized spacial score (nSPS) is 17.1. The molecular weight excluding hydrogens is 378 g/mol. The fraction of sp³-hybridized carbons (Fsp3) is 0.333. The second kappa shape index (κ2) is 5.13. The van der Waals surface area contributed by atoms with Gasteiger partial charge in [-0.3, -0.25) is 4.79 Å². The highest BCUT2D eigenvalue weighted by Crippen LogP contribution is 2.47. The Bertz CT molecular complexity index is 545. The molecule has 0 aromatic heterocycles. The van der Waals surface area contributed by atoms with Crippen LogP contribution in [0.2, 0.25) is 0 Å². The standard InChI is InChI=1S/C12H13Br2N3O2/c1-6-4-7(13)9(8(14)5-6)16-11(18)12(2-3-12)10(15)17-19/h4-5,19H,2-3H2,1H3,(H2,15,17)(H,16,18). The van der Waals surface area contributed by atoms with Crippen LogP contribution in [-0.2, 0) is 4.79 Å². The molecule has 0 bridgehead atoms. The van der Waals surface area contributed by atoms with Crippen molar-refractivity contribution >= 4 is 49.3 Å². The summed E-state index contributed by atoms with van der Waals surface area (Å²) in [4.78, 5) is 12.3. The zero-order chi connectivity index (χ0) is 14.2. The van der Waals surface area contributed by atoms with E-state index >= 15 is 0 Å². The van der Waals surface area contributed by atoms with Gasteiger partial charge in [0.25, 0.3) is 0 Å². The lowest BCUT2D eigenvalue weighted by atomic mass is 10.1. The average molecular weight is 391 g/mol. The van der Waals surface area contributed by atoms with Crippen molar-refractivity contribution in [2.45, 2.75) is 19.8 Å². The number of oxime groups is 1. The fourth-order valence-corrected chi connectivity index (χ4v) is 3.49. The van der Waals surface area contributed by atoms with Crippen molar-refractivity contribution in [1.29, 1.82) is 0 Å². The minimum Gasteiger partial charge on any atom is -0.409 e. The first kappa shape index (κ1) is 14.3. The van der Waals surface area contributed by atoms with Crippen LogP contribution in [0.15, 0.2) is 26.2 Å². The fourth-order valence-electron chi connectivity index (χ4n) is 1.87. The van der Waals surface area contributed by atoms with Crippen LogP contribution in [0.5, 0.6) is 0 Å². The Kier molecular flexibility index (Phi) is 3.87. The van der Waals surface area contributed by atoms with Crippen LogP contribution in [0.25, 0.3) is 0 Å². The molecule has 0 saturated heterocycles. The van der Waals surface area contributed by atoms with Crippen LogP contribution in [0, 0.1) is 12.3 Å². The van der Waals surface area contributed by atoms with Crippen LogP contribution >= 0.6 is 31.9 Å². The third kappa shape index (κ3) is 2.62. The molecule has 102 valence electrons. The molecule has 1 aliphatic rings. The first-order valence-corrected chi connectivity index (χ1v) is 7.24. The Morgan fingerprint density at radius 2 is 1.95 bits per heavy atom. The van der Waals surface area contributed by atoms with E-state index in [1.165, 1.54) is 0 Å². The number of amidine groups is 1. The van der Waals surface area contributed by atoms with E-state index in [1.54, 1.807) is 0 Å². The molecule has 5 nitrogen and oxygen atoms in total. The first-order chi connectivity index (χ1) is 8.90. The van der Waals surface area contributed by atoms with Crippen LogP contribution in [0.3, 0.4) is 0 Å². The maximum absolute atomic E-state index is 12.3. The van der Waals surface area contributed by atoms with Crippen LogP contribution in [0.4, 0.5) is 5.69 Å². The summed E-state index contributed by atoms with van der Waals surface area (Å²) >= 11 is 6.82. The maximum Gasteiger partial charge on any atom is 0.238 e. The van der Waals surface area contributed by atoms with E-state index in [4.69, 9.17) is 10.9 Å². The lowest BCUT2D eigenvalue weighted by molar-refractivity contribution is -0.119. The SMILES string of the molecule is Cc1cc(Br)c(NC(=O)C2(/C(N)=N/O)CC2)c(Br)c1. The van der Waals surface area contributed by atoms with Crippen molar-refractivity contribution in [3.63, 3.8) is 0 Å². The number of rotatable bonds is 3. The van der Waals surface area contributed by atoms with Crippen LogP contribution in [0.1, 0.15) is 18.4 Å². The minimum absolute atomic E-state index is 0.0376. The smallest absolute Gasteiger partial charge is 0.238 e. The van der Waals surface area contributed by atoms with Crippen molar-refractivity contribution in [2.75, 3.05) is 5.32 Å². The number of nitrogens with two attached hydrogens (primary N) is 1. The second-order valence-corrected chi connectivity index (χ2v) is 6.33. The number of carbonyl (C=O) groups excluding carboxylic acids is 1. The van der Waals surface area contributed by atoms with Gasteiger partial charge in [-0.2, -0.15) is 0 Å². The molecule has 0 spiro atoms. The number of halogens is 2. The number of hydrogen-bond acceptors (Lipinski definition) is 3. The highest BCUT2D eigenvalue weighted by molar-refractivity contribution is 9.11. The lowest BCUT2D eigenvalue weighted by Crippen LogP contribution is -2.36. The zero-order valence-electron chi connectivity index (χ0n) is 10.2. The molecule has 0 aliphatic heterocycles. The summed E-state index contributed by atoms with van der Waals surface area (Å²) in [5.41, 5.74) is 6.43. The molecule has 0 heterocycles. The summed E-state index contributed by atoms with van der Waals surface area (Å²) < 4.78 is 1.56. The number of nitrogens with one attached hydrogen (secondary N) is 1. The monoisotopic (exact) mass is 389 g/mol. The van der Waals surface area contributed by atoms with Gasteiger partial charge < -0.3 is 16.3 Å². The molecule has 0 atom stereocenters. The Morgan fingerprint density at radius 1 is 1.42 bits per heavy atom. The molecule has 1 fully saturated rings. The lowest BCUT2D eigenvalue weighted by Gasteiger charge is -2.16. The van der Waals surface area contributed by atoms with Gasteiger partial charge in [0.05, 0.1) is 5.69 Å². The number of anilines is 1. The molecular formula is C12H13Br2N3O2. The molecule has 1 aliphatic carbocycles. The van der Waals surface area contributed by atoms with Gasteiger partial charge in [0.2, 0.25) is 5.91 Å². The molecule has 7 heteroatoms. The highest BCUT2D eigenvalue weighted by Gasteiger charge is 2.54. The molecule has 1 amide bonds. The maximum atomic E-state index is 12.3. The van der Waals surface area contributed by atoms with Gasteiger partial charge in [0, 0.05) is 8.95 Å². The van der Waals surface area contributed by atoms with Crippen LogP contribution < -0.4 is 11.1 Å². The zero-order valence-corrected chi connectivity index (χ0v) is 13.4. The quantitative estimate of drug-likeness (QED) is 0.321. The predicted molar refractivity (Wildman–Crippen MR) is 80.3 cm³/mol. The Labute approximate surface area is 127 Å². The van der Waals surface area contributed by atoms with Crippen molar-refractivity contribution in [3.8, 4) is 0 Å². The topological polar surface area (TPSA) is 87.7 Å². The number of nitrogens with zero attached hydrogens (tertiary/aromatic N) is 1. The van der Waals surface area contributed by atoms with E-state index in [0.717, 1.165) is 14.5 Å². The number of hydrogen-bond donors (Lipinski definition) is 3. The van der Waals surface area contributed by atoms with Gasteiger partial charge in [-0.1, -0.05) is 5.16 Å². The number of carbonyl (C=O) groups is 1. The van der Waals surface area contributed by atoms with Crippen molar-refractivity contribution in [3.05, 3.63) is 26.6 Å². The molecule has 1 aromatic carbocycles. The van der Waals surface area contributed by atoms with E-state index < -0.39 is 5.41 Å². The summed E-state index contributed by atoms with van der Waals surface area (Å²) in [7, 11) is 0. The second-order valence-electron chi connectivity index (χ2n) is 4.63. The predicted octanol–water partition coefficient (Wildman–Crippen LogP) is 2.99. The van der Waals surface area contributed by atoms with Crippen LogP contribution in [-0.4, -0.2) is 17.0 Å². The summed E-state index contributed by atoms with van der Waals surface area (Å²) in [5, 5.41) is 14.5. The molecule has 1 saturated carbocycles. The summed E-state index contributed by atoms with van der Waals surface area (Å²) in [6, 6.07) is 3.81. The molecule has 19 heavy (non-hydrogen) atoms. The molecule has 4 N–H and O–H groups in total. The van der Waals surface area contributed by atoms with Crippen molar-refractivity contribution in [1.82, 2.24) is 0 Å². The van der Waals surface area contributed by atoms with Gasteiger partial charge in [-0.25, -0.2) is 0 Å². The minimum atomic E-state index is -0.863. The Balaban J connectivity index is 2.26. The first-order valence-electron chi connectivity index (χ1n) is 5.66. The van der Waals surface area contributed by atoms with Gasteiger partial charge in [-0.15, -0.1) is 0 Å². The molecule has 1 aromatic rings. The highest BCUT2D eigenvalue weighted by atomic mass is 79.9. The van der Waals surface area contributed by atoms with E-state index in [-0.39, 0.29) is 11.7 Å². The average Bonchev–Trinajstić information content (AvgIpc) is 3.13. The molecule has 2 rings (SSSR count). The van der Waals surface area contributed by atoms with Gasteiger partial charge in [0.1, 0.15) is 5.41 Å². The summed E-state index contributed by atoms with van der Waals surface area (Å²) in [5.74, 6) is -0.294. The third-order valence-electron chi connectivity index (χ3n) is 3.21. The van der Waals surface area contributed by atoms with Crippen molar-refractivity contribution in [2.24, 2.45) is 16.3 Å². The van der Waals surface area contributed by atoms with E-state index in [0.29, 0.717) is 18.5 Å². The number of benzene rings is 1. The molecule has 0 unspecified atom stereocenters. The number of amides is 1. The summed E-state index contributed by atoms with van der Waals surface area (Å²) in [6.45, 7) is 1.96.